The SMILES string of the molecule is CCCCCCCCC.Cc1ccc(OS(F)(F)(F)(F)F)cc1. The second kappa shape index (κ2) is 8.22. The lowest BCUT2D eigenvalue weighted by Crippen LogP contribution is -2.13. The molecule has 7 heteroatoms. The maximum absolute atomic E-state index is 11.8. The van der Waals surface area contributed by atoms with Crippen LogP contribution in [0.15, 0.2) is 24.3 Å². The quantitative estimate of drug-likeness (QED) is 0.333. The molecule has 1 aromatic carbocycles. The molecule has 138 valence electrons. The van der Waals surface area contributed by atoms with E-state index in [1.54, 1.807) is 6.92 Å². The highest BCUT2D eigenvalue weighted by Gasteiger charge is 2.67. The highest BCUT2D eigenvalue weighted by molar-refractivity contribution is 8.42. The summed E-state index contributed by atoms with van der Waals surface area (Å²) in [7, 11) is -9.81. The second-order valence-electron chi connectivity index (χ2n) is 5.56. The van der Waals surface area contributed by atoms with Crippen molar-refractivity contribution in [3.63, 3.8) is 0 Å². The molecule has 0 radical (unpaired) electrons. The van der Waals surface area contributed by atoms with Gasteiger partial charge in [0.2, 0.25) is 0 Å². The van der Waals surface area contributed by atoms with Crippen LogP contribution < -0.4 is 4.18 Å². The second-order valence-corrected chi connectivity index (χ2v) is 7.53. The molecule has 1 aromatic rings. The van der Waals surface area contributed by atoms with E-state index in [2.05, 4.69) is 18.0 Å². The Balaban J connectivity index is 0.000000468. The molecule has 0 saturated heterocycles. The van der Waals surface area contributed by atoms with Crippen LogP contribution in [0.25, 0.3) is 0 Å². The standard InChI is InChI=1S/C9H20.C7H7F5OS/c1-3-5-7-9-8-6-4-2;1-6-2-4-7(5-3-6)13-14(8,9,10,11)12/h3-9H2,1-2H3;2-5H,1H3. The zero-order valence-corrected chi connectivity index (χ0v) is 14.8. The molecule has 0 heterocycles. The van der Waals surface area contributed by atoms with Crippen LogP contribution in [0.5, 0.6) is 5.75 Å². The Labute approximate surface area is 136 Å². The maximum Gasteiger partial charge on any atom is 0.435 e. The lowest BCUT2D eigenvalue weighted by atomic mass is 10.1. The van der Waals surface area contributed by atoms with E-state index in [-0.39, 0.29) is 0 Å². The van der Waals surface area contributed by atoms with Crippen molar-refractivity contribution in [2.75, 3.05) is 0 Å². The topological polar surface area (TPSA) is 9.23 Å². The van der Waals surface area contributed by atoms with Gasteiger partial charge in [0.1, 0.15) is 5.75 Å². The molecule has 0 atom stereocenters. The van der Waals surface area contributed by atoms with Crippen molar-refractivity contribution in [2.24, 2.45) is 0 Å². The Bertz CT molecular complexity index is 435. The molecule has 23 heavy (non-hydrogen) atoms. The van der Waals surface area contributed by atoms with E-state index < -0.39 is 16.3 Å². The lowest BCUT2D eigenvalue weighted by molar-refractivity contribution is 0.243. The van der Waals surface area contributed by atoms with Crippen molar-refractivity contribution in [2.45, 2.75) is 65.7 Å². The molecule has 0 aliphatic heterocycles. The first-order valence-electron chi connectivity index (χ1n) is 7.88. The van der Waals surface area contributed by atoms with Crippen LogP contribution in [0.3, 0.4) is 0 Å². The van der Waals surface area contributed by atoms with Crippen LogP contribution in [0.1, 0.15) is 64.4 Å². The van der Waals surface area contributed by atoms with Crippen LogP contribution in [-0.4, -0.2) is 0 Å². The van der Waals surface area contributed by atoms with Gasteiger partial charge in [-0.2, -0.15) is 0 Å². The molecular formula is C16H27F5OS. The Morgan fingerprint density at radius 1 is 0.739 bits per heavy atom. The molecule has 1 rings (SSSR count). The van der Waals surface area contributed by atoms with E-state index in [1.807, 2.05) is 0 Å². The van der Waals surface area contributed by atoms with E-state index in [0.29, 0.717) is 5.56 Å². The average Bonchev–Trinajstić information content (AvgIpc) is 2.39. The van der Waals surface area contributed by atoms with Crippen molar-refractivity contribution in [1.29, 1.82) is 0 Å². The molecule has 0 amide bonds. The monoisotopic (exact) mass is 362 g/mol. The van der Waals surface area contributed by atoms with Crippen LogP contribution in [0.4, 0.5) is 19.4 Å². The molecule has 0 bridgehead atoms. The number of benzene rings is 1. The van der Waals surface area contributed by atoms with E-state index in [4.69, 9.17) is 0 Å². The summed E-state index contributed by atoms with van der Waals surface area (Å²) in [5.74, 6) is -0.908. The largest absolute Gasteiger partial charge is 0.435 e. The number of aryl methyl sites for hydroxylation is 1. The molecule has 1 nitrogen and oxygen atoms in total. The van der Waals surface area contributed by atoms with Gasteiger partial charge in [-0.25, -0.2) is 0 Å². The van der Waals surface area contributed by atoms with Gasteiger partial charge in [0.15, 0.2) is 0 Å². The van der Waals surface area contributed by atoms with Gasteiger partial charge in [-0.05, 0) is 19.1 Å². The molecule has 0 N–H and O–H groups in total. The normalized spacial score (nSPS) is 14.3. The van der Waals surface area contributed by atoms with Gasteiger partial charge >= 0.3 is 10.5 Å². The van der Waals surface area contributed by atoms with Gasteiger partial charge in [0.05, 0.1) is 0 Å². The minimum absolute atomic E-state index is 0.652. The van der Waals surface area contributed by atoms with Gasteiger partial charge in [-0.1, -0.05) is 95.9 Å². The summed E-state index contributed by atoms with van der Waals surface area (Å²) in [6.07, 6.45) is 9.97. The maximum atomic E-state index is 11.8. The Morgan fingerprint density at radius 3 is 1.48 bits per heavy atom. The summed E-state index contributed by atoms with van der Waals surface area (Å²) < 4.78 is 61.7. The van der Waals surface area contributed by atoms with Crippen molar-refractivity contribution in [1.82, 2.24) is 0 Å². The fraction of sp³-hybridized carbons (Fsp3) is 0.625. The number of halogens is 5. The Morgan fingerprint density at radius 2 is 1.13 bits per heavy atom. The third-order valence-electron chi connectivity index (χ3n) is 2.98. The highest BCUT2D eigenvalue weighted by Crippen LogP contribution is 2.97. The molecule has 0 fully saturated rings. The number of hydrogen-bond acceptors (Lipinski definition) is 1. The predicted molar refractivity (Wildman–Crippen MR) is 88.6 cm³/mol. The molecule has 0 spiro atoms. The summed E-state index contributed by atoms with van der Waals surface area (Å²) >= 11 is 0. The van der Waals surface area contributed by atoms with Gasteiger partial charge in [0, 0.05) is 0 Å². The minimum atomic E-state index is -9.81. The summed E-state index contributed by atoms with van der Waals surface area (Å²) in [5, 5.41) is 0. The molecule has 0 aliphatic carbocycles. The van der Waals surface area contributed by atoms with Crippen molar-refractivity contribution >= 4 is 10.5 Å². The Kier molecular flexibility index (Phi) is 7.87. The summed E-state index contributed by atoms with van der Waals surface area (Å²) in [5.41, 5.74) is 0.652. The molecule has 0 aromatic heterocycles. The van der Waals surface area contributed by atoms with Crippen LogP contribution >= 0.6 is 10.5 Å². The highest BCUT2D eigenvalue weighted by atomic mass is 32.5. The Hall–Kier alpha value is -0.980. The first-order valence-corrected chi connectivity index (χ1v) is 9.75. The molecule has 0 unspecified atom stereocenters. The fourth-order valence-electron chi connectivity index (χ4n) is 1.81. The van der Waals surface area contributed by atoms with E-state index in [0.717, 1.165) is 12.1 Å². The lowest BCUT2D eigenvalue weighted by Gasteiger charge is -2.39. The first-order chi connectivity index (χ1) is 10.4. The van der Waals surface area contributed by atoms with Gasteiger partial charge in [0.25, 0.3) is 0 Å². The number of hydrogen-bond donors (Lipinski definition) is 0. The summed E-state index contributed by atoms with van der Waals surface area (Å²) in [4.78, 5) is 0. The minimum Gasteiger partial charge on any atom is -0.355 e. The van der Waals surface area contributed by atoms with Crippen molar-refractivity contribution in [3.8, 4) is 5.75 Å². The third kappa shape index (κ3) is 15.7. The molecule has 0 saturated carbocycles. The molecule has 0 aliphatic rings. The zero-order valence-electron chi connectivity index (χ0n) is 14.0. The fourth-order valence-corrected chi connectivity index (χ4v) is 2.28. The smallest absolute Gasteiger partial charge is 0.355 e. The predicted octanol–water partition coefficient (Wildman–Crippen LogP) is 8.34. The number of unbranched alkanes of at least 4 members (excludes halogenated alkanes) is 6. The van der Waals surface area contributed by atoms with Gasteiger partial charge in [-0.15, -0.1) is 0 Å². The zero-order chi connectivity index (χ0) is 18.0. The summed E-state index contributed by atoms with van der Waals surface area (Å²) in [6, 6.07) is 4.18. The van der Waals surface area contributed by atoms with Crippen molar-refractivity contribution in [3.05, 3.63) is 29.8 Å². The van der Waals surface area contributed by atoms with E-state index >= 15 is 0 Å². The first kappa shape index (κ1) is 22.0. The van der Waals surface area contributed by atoms with Crippen LogP contribution in [-0.2, 0) is 0 Å². The summed E-state index contributed by atoms with van der Waals surface area (Å²) in [6.45, 7) is 6.14. The average molecular weight is 362 g/mol. The number of rotatable bonds is 8. The van der Waals surface area contributed by atoms with Crippen LogP contribution in [0.2, 0.25) is 0 Å². The van der Waals surface area contributed by atoms with Gasteiger partial charge < -0.3 is 4.18 Å². The van der Waals surface area contributed by atoms with E-state index in [1.165, 1.54) is 57.1 Å². The van der Waals surface area contributed by atoms with Crippen LogP contribution in [0, 0.1) is 6.92 Å². The third-order valence-corrected chi connectivity index (χ3v) is 3.49. The van der Waals surface area contributed by atoms with E-state index in [9.17, 15) is 19.4 Å². The van der Waals surface area contributed by atoms with Crippen molar-refractivity contribution < 1.29 is 23.6 Å². The van der Waals surface area contributed by atoms with Gasteiger partial charge in [-0.3, -0.25) is 0 Å². The molecular weight excluding hydrogens is 335 g/mol.